The number of carbonyl (C=O) groups is 1. The average molecular weight is 324 g/mol. The molecule has 2 rings (SSSR count). The molecule has 2 aromatic rings. The van der Waals surface area contributed by atoms with Crippen molar-refractivity contribution in [1.29, 1.82) is 0 Å². The summed E-state index contributed by atoms with van der Waals surface area (Å²) >= 11 is 5.67. The van der Waals surface area contributed by atoms with E-state index in [2.05, 4.69) is 0 Å². The molecule has 0 heterocycles. The molecule has 0 saturated heterocycles. The maximum Gasteiger partial charge on any atom is 0.312 e. The number of rotatable bonds is 5. The van der Waals surface area contributed by atoms with Crippen LogP contribution in [-0.2, 0) is 0 Å². The Bertz CT molecular complexity index is 746. The number of ketones is 1. The lowest BCUT2D eigenvalue weighted by atomic mass is 10.1. The lowest BCUT2D eigenvalue weighted by Crippen LogP contribution is -2.12. The van der Waals surface area contributed by atoms with Crippen LogP contribution in [0.15, 0.2) is 36.4 Å². The van der Waals surface area contributed by atoms with Gasteiger partial charge in [-0.05, 0) is 24.3 Å². The first-order chi connectivity index (χ1) is 10.4. The van der Waals surface area contributed by atoms with Crippen molar-refractivity contribution in [2.45, 2.75) is 0 Å². The third kappa shape index (κ3) is 3.44. The number of hydrogen-bond donors (Lipinski definition) is 2. The first kappa shape index (κ1) is 15.6. The van der Waals surface area contributed by atoms with Gasteiger partial charge in [-0.15, -0.1) is 0 Å². The van der Waals surface area contributed by atoms with Gasteiger partial charge in [0.1, 0.15) is 11.5 Å². The molecular weight excluding hydrogens is 314 g/mol. The predicted octanol–water partition coefficient (Wildman–Crippen LogP) is 2.92. The molecule has 2 aromatic carbocycles. The van der Waals surface area contributed by atoms with Gasteiger partial charge in [0, 0.05) is 17.2 Å². The van der Waals surface area contributed by atoms with E-state index in [-0.39, 0.29) is 27.8 Å². The lowest BCUT2D eigenvalue weighted by Gasteiger charge is -2.07. The van der Waals surface area contributed by atoms with Gasteiger partial charge >= 0.3 is 5.69 Å². The molecule has 0 radical (unpaired) electrons. The van der Waals surface area contributed by atoms with E-state index < -0.39 is 23.1 Å². The Morgan fingerprint density at radius 1 is 1.23 bits per heavy atom. The molecule has 2 N–H and O–H groups in total. The predicted molar refractivity (Wildman–Crippen MR) is 77.7 cm³/mol. The molecule has 0 fully saturated rings. The van der Waals surface area contributed by atoms with E-state index in [0.717, 1.165) is 12.1 Å². The zero-order valence-corrected chi connectivity index (χ0v) is 11.8. The number of benzene rings is 2. The SMILES string of the molecule is O=C(COc1ccc(Cl)cc1[N+](=O)[O-])c1ccc(O)cc1O. The number of nitro benzene ring substituents is 1. The van der Waals surface area contributed by atoms with Gasteiger partial charge in [0.25, 0.3) is 0 Å². The summed E-state index contributed by atoms with van der Waals surface area (Å²) < 4.78 is 5.13. The Balaban J connectivity index is 2.16. The third-order valence-corrected chi connectivity index (χ3v) is 2.99. The highest BCUT2D eigenvalue weighted by atomic mass is 35.5. The minimum absolute atomic E-state index is 0.0607. The van der Waals surface area contributed by atoms with Gasteiger partial charge in [0.05, 0.1) is 10.5 Å². The number of Topliss-reactive ketones (excluding diaryl/α,β-unsaturated/α-hetero) is 1. The smallest absolute Gasteiger partial charge is 0.312 e. The second-order valence-electron chi connectivity index (χ2n) is 4.28. The van der Waals surface area contributed by atoms with Crippen LogP contribution in [0, 0.1) is 10.1 Å². The quantitative estimate of drug-likeness (QED) is 0.497. The van der Waals surface area contributed by atoms with Gasteiger partial charge in [-0.2, -0.15) is 0 Å². The fourth-order valence-electron chi connectivity index (χ4n) is 1.73. The van der Waals surface area contributed by atoms with E-state index >= 15 is 0 Å². The van der Waals surface area contributed by atoms with Crippen LogP contribution in [0.2, 0.25) is 5.02 Å². The number of hydrogen-bond acceptors (Lipinski definition) is 6. The number of nitrogens with zero attached hydrogens (tertiary/aromatic N) is 1. The van der Waals surface area contributed by atoms with Crippen molar-refractivity contribution < 1.29 is 24.7 Å². The van der Waals surface area contributed by atoms with Gasteiger partial charge in [-0.25, -0.2) is 0 Å². The van der Waals surface area contributed by atoms with Crippen LogP contribution in [0.1, 0.15) is 10.4 Å². The Kier molecular flexibility index (Phi) is 4.47. The first-order valence-electron chi connectivity index (χ1n) is 6.00. The summed E-state index contributed by atoms with van der Waals surface area (Å²) in [6.07, 6.45) is 0. The molecule has 0 bridgehead atoms. The van der Waals surface area contributed by atoms with Crippen LogP contribution in [-0.4, -0.2) is 27.5 Å². The molecule has 7 nitrogen and oxygen atoms in total. The standard InChI is InChI=1S/C14H10ClNO6/c15-8-1-4-14(11(5-8)16(20)21)22-7-13(19)10-3-2-9(17)6-12(10)18/h1-6,17-18H,7H2. The number of phenols is 2. The van der Waals surface area contributed by atoms with E-state index in [9.17, 15) is 20.0 Å². The first-order valence-corrected chi connectivity index (χ1v) is 6.38. The number of aromatic hydroxyl groups is 2. The molecular formula is C14H10ClNO6. The van der Waals surface area contributed by atoms with Gasteiger partial charge in [0.15, 0.2) is 12.4 Å². The van der Waals surface area contributed by atoms with Gasteiger partial charge in [-0.1, -0.05) is 11.6 Å². The number of carbonyl (C=O) groups excluding carboxylic acids is 1. The van der Waals surface area contributed by atoms with E-state index in [1.165, 1.54) is 24.3 Å². The van der Waals surface area contributed by atoms with Crippen molar-refractivity contribution in [3.05, 3.63) is 57.1 Å². The molecule has 0 aliphatic heterocycles. The minimum atomic E-state index is -0.677. The van der Waals surface area contributed by atoms with E-state index in [1.807, 2.05) is 0 Å². The average Bonchev–Trinajstić information content (AvgIpc) is 2.45. The minimum Gasteiger partial charge on any atom is -0.508 e. The highest BCUT2D eigenvalue weighted by Gasteiger charge is 2.18. The zero-order valence-electron chi connectivity index (χ0n) is 11.0. The monoisotopic (exact) mass is 323 g/mol. The summed E-state index contributed by atoms with van der Waals surface area (Å²) in [5.74, 6) is -1.30. The van der Waals surface area contributed by atoms with E-state index in [0.29, 0.717) is 0 Å². The summed E-state index contributed by atoms with van der Waals surface area (Å²) in [6, 6.07) is 7.26. The van der Waals surface area contributed by atoms with Crippen molar-refractivity contribution in [2.24, 2.45) is 0 Å². The third-order valence-electron chi connectivity index (χ3n) is 2.76. The second-order valence-corrected chi connectivity index (χ2v) is 4.72. The summed E-state index contributed by atoms with van der Waals surface area (Å²) in [7, 11) is 0. The molecule has 0 aromatic heterocycles. The lowest BCUT2D eigenvalue weighted by molar-refractivity contribution is -0.385. The summed E-state index contributed by atoms with van der Waals surface area (Å²) in [5.41, 5.74) is -0.426. The van der Waals surface area contributed by atoms with Crippen LogP contribution in [0.4, 0.5) is 5.69 Å². The molecule has 0 aliphatic rings. The van der Waals surface area contributed by atoms with Gasteiger partial charge in [-0.3, -0.25) is 14.9 Å². The number of ether oxygens (including phenoxy) is 1. The summed E-state index contributed by atoms with van der Waals surface area (Å²) in [4.78, 5) is 22.2. The van der Waals surface area contributed by atoms with Crippen molar-refractivity contribution in [3.63, 3.8) is 0 Å². The molecule has 0 unspecified atom stereocenters. The summed E-state index contributed by atoms with van der Waals surface area (Å²) in [6.45, 7) is -0.513. The van der Waals surface area contributed by atoms with Crippen LogP contribution in [0.25, 0.3) is 0 Å². The normalized spacial score (nSPS) is 10.2. The number of halogens is 1. The van der Waals surface area contributed by atoms with Crippen molar-refractivity contribution >= 4 is 23.1 Å². The molecule has 114 valence electrons. The number of nitro groups is 1. The fourth-order valence-corrected chi connectivity index (χ4v) is 1.90. The van der Waals surface area contributed by atoms with Gasteiger partial charge in [0.2, 0.25) is 5.78 Å². The Morgan fingerprint density at radius 2 is 1.95 bits per heavy atom. The largest absolute Gasteiger partial charge is 0.508 e. The van der Waals surface area contributed by atoms with Crippen molar-refractivity contribution in [1.82, 2.24) is 0 Å². The van der Waals surface area contributed by atoms with E-state index in [4.69, 9.17) is 21.4 Å². The van der Waals surface area contributed by atoms with E-state index in [1.54, 1.807) is 0 Å². The Labute approximate surface area is 129 Å². The Morgan fingerprint density at radius 3 is 2.59 bits per heavy atom. The molecule has 0 aliphatic carbocycles. The molecule has 0 atom stereocenters. The Hall–Kier alpha value is -2.80. The van der Waals surface area contributed by atoms with Gasteiger partial charge < -0.3 is 14.9 Å². The summed E-state index contributed by atoms with van der Waals surface area (Å²) in [5, 5.41) is 29.8. The highest BCUT2D eigenvalue weighted by molar-refractivity contribution is 6.30. The number of phenolic OH excluding ortho intramolecular Hbond substituents is 2. The molecule has 0 saturated carbocycles. The maximum atomic E-state index is 11.9. The molecule has 8 heteroatoms. The van der Waals surface area contributed by atoms with Crippen LogP contribution in [0.3, 0.4) is 0 Å². The molecule has 0 amide bonds. The van der Waals surface area contributed by atoms with Crippen molar-refractivity contribution in [3.8, 4) is 17.2 Å². The highest BCUT2D eigenvalue weighted by Crippen LogP contribution is 2.30. The molecule has 0 spiro atoms. The maximum absolute atomic E-state index is 11.9. The van der Waals surface area contributed by atoms with Crippen LogP contribution in [0.5, 0.6) is 17.2 Å². The van der Waals surface area contributed by atoms with Crippen LogP contribution >= 0.6 is 11.6 Å². The fraction of sp³-hybridized carbons (Fsp3) is 0.0714. The topological polar surface area (TPSA) is 110 Å². The second kappa shape index (κ2) is 6.31. The zero-order chi connectivity index (χ0) is 16.3. The molecule has 22 heavy (non-hydrogen) atoms. The van der Waals surface area contributed by atoms with Crippen LogP contribution < -0.4 is 4.74 Å². The van der Waals surface area contributed by atoms with Crippen molar-refractivity contribution in [2.75, 3.05) is 6.61 Å².